The molecule has 168 valence electrons. The van der Waals surface area contributed by atoms with Crippen molar-refractivity contribution in [2.75, 3.05) is 50.6 Å². The second kappa shape index (κ2) is 8.21. The molecule has 2 aromatic heterocycles. The van der Waals surface area contributed by atoms with Gasteiger partial charge in [-0.05, 0) is 37.6 Å². The van der Waals surface area contributed by atoms with Crippen LogP contribution in [-0.4, -0.2) is 67.3 Å². The molecule has 0 spiro atoms. The summed E-state index contributed by atoms with van der Waals surface area (Å²) in [4.78, 5) is 39.5. The quantitative estimate of drug-likeness (QED) is 0.537. The molecule has 4 N–H and O–H groups in total. The normalized spacial score (nSPS) is 14.6. The van der Waals surface area contributed by atoms with Crippen LogP contribution < -0.4 is 20.4 Å². The van der Waals surface area contributed by atoms with Crippen molar-refractivity contribution in [3.05, 3.63) is 41.2 Å². The van der Waals surface area contributed by atoms with Crippen molar-refractivity contribution in [1.29, 1.82) is 0 Å². The first kappa shape index (κ1) is 21.7. The number of ether oxygens (including phenoxy) is 1. The van der Waals surface area contributed by atoms with Gasteiger partial charge in [-0.15, -0.1) is 0 Å². The minimum Gasteiger partial charge on any atom is -0.378 e. The molecule has 1 fully saturated rings. The Morgan fingerprint density at radius 3 is 2.56 bits per heavy atom. The molecule has 0 saturated carbocycles. The first-order valence-electron chi connectivity index (χ1n) is 10.4. The van der Waals surface area contributed by atoms with Crippen LogP contribution in [0.3, 0.4) is 0 Å². The second-order valence-electron chi connectivity index (χ2n) is 8.39. The van der Waals surface area contributed by atoms with Gasteiger partial charge in [-0.3, -0.25) is 4.79 Å². The Morgan fingerprint density at radius 1 is 1.16 bits per heavy atom. The number of benzene rings is 1. The summed E-state index contributed by atoms with van der Waals surface area (Å²) in [7, 11) is 3.25. The predicted octanol–water partition coefficient (Wildman–Crippen LogP) is 2.31. The monoisotopic (exact) mass is 438 g/mol. The highest BCUT2D eigenvalue weighted by atomic mass is 16.5. The summed E-state index contributed by atoms with van der Waals surface area (Å²) in [6.07, 6.45) is 0. The molecule has 3 amide bonds. The average molecular weight is 439 g/mol. The lowest BCUT2D eigenvalue weighted by Crippen LogP contribution is -2.51. The van der Waals surface area contributed by atoms with Crippen LogP contribution in [0.1, 0.15) is 21.7 Å². The lowest BCUT2D eigenvalue weighted by Gasteiger charge is -2.29. The maximum absolute atomic E-state index is 13.1. The molecule has 1 saturated heterocycles. The van der Waals surface area contributed by atoms with Crippen molar-refractivity contribution in [3.63, 3.8) is 0 Å². The number of urea groups is 1. The fourth-order valence-electron chi connectivity index (χ4n) is 3.58. The molecular formula is C22H28N7O3+. The van der Waals surface area contributed by atoms with Crippen LogP contribution in [0.2, 0.25) is 0 Å². The van der Waals surface area contributed by atoms with E-state index in [0.717, 1.165) is 22.2 Å². The van der Waals surface area contributed by atoms with Gasteiger partial charge in [-0.1, -0.05) is 0 Å². The number of aromatic amines is 1. The molecule has 32 heavy (non-hydrogen) atoms. The number of quaternary nitrogens is 1. The van der Waals surface area contributed by atoms with Crippen LogP contribution >= 0.6 is 0 Å². The van der Waals surface area contributed by atoms with E-state index in [2.05, 4.69) is 20.3 Å². The fourth-order valence-corrected chi connectivity index (χ4v) is 3.58. The van der Waals surface area contributed by atoms with Crippen molar-refractivity contribution in [2.24, 2.45) is 5.73 Å². The molecule has 0 bridgehead atoms. The van der Waals surface area contributed by atoms with Crippen molar-refractivity contribution in [2.45, 2.75) is 13.8 Å². The number of anilines is 2. The van der Waals surface area contributed by atoms with E-state index in [-0.39, 0.29) is 10.2 Å². The van der Waals surface area contributed by atoms with Gasteiger partial charge >= 0.3 is 6.03 Å². The summed E-state index contributed by atoms with van der Waals surface area (Å²) >= 11 is 0. The number of aryl methyl sites for hydroxylation is 2. The van der Waals surface area contributed by atoms with Crippen molar-refractivity contribution < 1.29 is 14.3 Å². The van der Waals surface area contributed by atoms with Crippen molar-refractivity contribution in [3.8, 4) is 0 Å². The number of hydrogen-bond donors (Lipinski definition) is 3. The van der Waals surface area contributed by atoms with E-state index in [1.165, 1.54) is 6.07 Å². The second-order valence-corrected chi connectivity index (χ2v) is 8.39. The SMILES string of the molecule is Cc1[nH]c2ccc(NC(=O)c3cc([N+](C)(C)C(N)=O)nc(N4CCOCC4)n3)cc2c1C. The summed E-state index contributed by atoms with van der Waals surface area (Å²) in [5.74, 6) is 0.319. The standard InChI is InChI=1S/C22H27N7O3/c1-13-14(2)24-17-6-5-15(11-16(13)17)25-20(30)18-12-19(29(3,4)21(23)31)27-22(26-18)28-7-9-32-10-8-28/h5-6,11-12H,7-10H2,1-4H3,(H3-,23,24,25,26,27,30,31)/p+1. The number of rotatable bonds is 4. The largest absolute Gasteiger partial charge is 0.419 e. The Labute approximate surface area is 186 Å². The lowest BCUT2D eigenvalue weighted by molar-refractivity contribution is 0.102. The molecule has 4 rings (SSSR count). The van der Waals surface area contributed by atoms with Crippen LogP contribution in [-0.2, 0) is 4.74 Å². The van der Waals surface area contributed by atoms with Gasteiger partial charge in [0.25, 0.3) is 5.91 Å². The van der Waals surface area contributed by atoms with Crippen LogP contribution in [0, 0.1) is 13.8 Å². The molecule has 3 heterocycles. The molecule has 10 nitrogen and oxygen atoms in total. The van der Waals surface area contributed by atoms with E-state index < -0.39 is 11.9 Å². The van der Waals surface area contributed by atoms with E-state index >= 15 is 0 Å². The number of nitrogens with two attached hydrogens (primary N) is 1. The number of aromatic nitrogens is 3. The number of carbonyl (C=O) groups excluding carboxylic acids is 2. The lowest BCUT2D eigenvalue weighted by atomic mass is 10.1. The summed E-state index contributed by atoms with van der Waals surface area (Å²) < 4.78 is 5.09. The summed E-state index contributed by atoms with van der Waals surface area (Å²) in [5, 5.41) is 3.96. The van der Waals surface area contributed by atoms with E-state index in [1.54, 1.807) is 14.1 Å². The highest BCUT2D eigenvalue weighted by Gasteiger charge is 2.31. The van der Waals surface area contributed by atoms with Crippen LogP contribution in [0.25, 0.3) is 10.9 Å². The first-order valence-corrected chi connectivity index (χ1v) is 10.4. The molecular weight excluding hydrogens is 410 g/mol. The van der Waals surface area contributed by atoms with Crippen LogP contribution in [0.4, 0.5) is 22.2 Å². The topological polar surface area (TPSA) is 126 Å². The third-order valence-corrected chi connectivity index (χ3v) is 5.92. The van der Waals surface area contributed by atoms with Gasteiger partial charge in [-0.2, -0.15) is 9.47 Å². The molecule has 1 aliphatic heterocycles. The molecule has 1 aliphatic rings. The Hall–Kier alpha value is -3.50. The predicted molar refractivity (Wildman–Crippen MR) is 124 cm³/mol. The summed E-state index contributed by atoms with van der Waals surface area (Å²) in [5.41, 5.74) is 9.63. The zero-order valence-electron chi connectivity index (χ0n) is 18.7. The molecule has 3 aromatic rings. The van der Waals surface area contributed by atoms with Gasteiger partial charge < -0.3 is 25.7 Å². The number of amides is 3. The Kier molecular flexibility index (Phi) is 5.57. The molecule has 10 heteroatoms. The minimum atomic E-state index is -0.591. The van der Waals surface area contributed by atoms with Crippen molar-refractivity contribution in [1.82, 2.24) is 19.4 Å². The zero-order valence-corrected chi connectivity index (χ0v) is 18.7. The van der Waals surface area contributed by atoms with Crippen LogP contribution in [0.5, 0.6) is 0 Å². The molecule has 1 aromatic carbocycles. The maximum Gasteiger partial charge on any atom is 0.419 e. The molecule has 0 unspecified atom stereocenters. The number of nitrogens with one attached hydrogen (secondary N) is 2. The van der Waals surface area contributed by atoms with E-state index in [1.807, 2.05) is 36.9 Å². The summed E-state index contributed by atoms with van der Waals surface area (Å²) in [6.45, 7) is 6.32. The number of nitrogens with zero attached hydrogens (tertiary/aromatic N) is 4. The number of primary amides is 1. The number of fused-ring (bicyclic) bond motifs is 1. The Bertz CT molecular complexity index is 1200. The number of H-pyrrole nitrogens is 1. The fraction of sp³-hybridized carbons (Fsp3) is 0.364. The van der Waals surface area contributed by atoms with Gasteiger partial charge in [0.05, 0.1) is 33.4 Å². The van der Waals surface area contributed by atoms with Gasteiger partial charge in [0, 0.05) is 35.4 Å². The maximum atomic E-state index is 13.1. The molecule has 0 aliphatic carbocycles. The average Bonchev–Trinajstić information content (AvgIpc) is 3.07. The van der Waals surface area contributed by atoms with Crippen LogP contribution in [0.15, 0.2) is 24.3 Å². The number of hydrogen-bond acceptors (Lipinski definition) is 6. The van der Waals surface area contributed by atoms with Gasteiger partial charge in [0.1, 0.15) is 5.69 Å². The van der Waals surface area contributed by atoms with Gasteiger partial charge in [0.15, 0.2) is 0 Å². The van der Waals surface area contributed by atoms with E-state index in [4.69, 9.17) is 10.5 Å². The smallest absolute Gasteiger partial charge is 0.378 e. The number of carbonyl (C=O) groups is 2. The summed E-state index contributed by atoms with van der Waals surface area (Å²) in [6, 6.07) is 6.62. The van der Waals surface area contributed by atoms with Gasteiger partial charge in [0.2, 0.25) is 11.8 Å². The Balaban J connectivity index is 1.70. The third kappa shape index (κ3) is 4.02. The molecule has 0 atom stereocenters. The molecule has 0 radical (unpaired) electrons. The first-order chi connectivity index (χ1) is 15.2. The number of morpholine rings is 1. The highest BCUT2D eigenvalue weighted by molar-refractivity contribution is 6.05. The Morgan fingerprint density at radius 2 is 1.88 bits per heavy atom. The van der Waals surface area contributed by atoms with E-state index in [0.29, 0.717) is 43.8 Å². The van der Waals surface area contributed by atoms with E-state index in [9.17, 15) is 9.59 Å². The van der Waals surface area contributed by atoms with Gasteiger partial charge in [-0.25, -0.2) is 9.78 Å². The third-order valence-electron chi connectivity index (χ3n) is 5.92. The van der Waals surface area contributed by atoms with Crippen molar-refractivity contribution >= 4 is 40.3 Å². The zero-order chi connectivity index (χ0) is 23.0. The highest BCUT2D eigenvalue weighted by Crippen LogP contribution is 2.26. The minimum absolute atomic E-state index is 0.158.